The van der Waals surface area contributed by atoms with Crippen LogP contribution in [0.25, 0.3) is 0 Å². The molecule has 1 atom stereocenters. The second-order valence-corrected chi connectivity index (χ2v) is 7.81. The van der Waals surface area contributed by atoms with Crippen LogP contribution >= 0.6 is 50.1 Å². The quantitative estimate of drug-likeness (QED) is 0.354. The summed E-state index contributed by atoms with van der Waals surface area (Å²) in [5.74, 6) is -2.59. The van der Waals surface area contributed by atoms with Gasteiger partial charge >= 0.3 is 6.03 Å². The first-order valence-electron chi connectivity index (χ1n) is 7.30. The number of aliphatic imine (C=N–C) groups is 1. The number of imide groups is 2. The SMILES string of the molecule is O=C1NC(=O)N(c2ccc(I)cc2)C(=O)[C@H]1C=Nc1ccc(Br)c(Cl)c1. The highest BCUT2D eigenvalue weighted by Gasteiger charge is 2.40. The smallest absolute Gasteiger partial charge is 0.276 e. The van der Waals surface area contributed by atoms with Gasteiger partial charge in [0.1, 0.15) is 0 Å². The summed E-state index contributed by atoms with van der Waals surface area (Å²) in [4.78, 5) is 42.0. The lowest BCUT2D eigenvalue weighted by atomic mass is 10.1. The Labute approximate surface area is 175 Å². The van der Waals surface area contributed by atoms with Crippen LogP contribution in [-0.4, -0.2) is 24.1 Å². The van der Waals surface area contributed by atoms with Crippen molar-refractivity contribution in [3.8, 4) is 0 Å². The molecule has 0 saturated carbocycles. The Hall–Kier alpha value is -1.78. The average molecular weight is 547 g/mol. The summed E-state index contributed by atoms with van der Waals surface area (Å²) in [6.07, 6.45) is 1.21. The summed E-state index contributed by atoms with van der Waals surface area (Å²) in [5, 5.41) is 2.63. The highest BCUT2D eigenvalue weighted by Crippen LogP contribution is 2.27. The molecule has 0 radical (unpaired) electrons. The summed E-state index contributed by atoms with van der Waals surface area (Å²) in [6, 6.07) is 11.0. The second-order valence-electron chi connectivity index (χ2n) is 5.30. The highest BCUT2D eigenvalue weighted by atomic mass is 127. The van der Waals surface area contributed by atoms with Gasteiger partial charge in [0.15, 0.2) is 5.92 Å². The van der Waals surface area contributed by atoms with Crippen LogP contribution in [0.1, 0.15) is 0 Å². The molecule has 132 valence electrons. The lowest BCUT2D eigenvalue weighted by molar-refractivity contribution is -0.131. The monoisotopic (exact) mass is 545 g/mol. The lowest BCUT2D eigenvalue weighted by Gasteiger charge is -2.28. The number of hydrogen-bond acceptors (Lipinski definition) is 4. The van der Waals surface area contributed by atoms with Crippen LogP contribution in [0.4, 0.5) is 16.2 Å². The van der Waals surface area contributed by atoms with Crippen molar-refractivity contribution in [1.29, 1.82) is 0 Å². The number of hydrogen-bond donors (Lipinski definition) is 1. The minimum Gasteiger partial charge on any atom is -0.276 e. The van der Waals surface area contributed by atoms with Gasteiger partial charge in [0, 0.05) is 14.3 Å². The number of amides is 4. The third kappa shape index (κ3) is 3.97. The molecule has 1 saturated heterocycles. The highest BCUT2D eigenvalue weighted by molar-refractivity contribution is 14.1. The van der Waals surface area contributed by atoms with E-state index in [1.165, 1.54) is 6.21 Å². The maximum Gasteiger partial charge on any atom is 0.335 e. The second kappa shape index (κ2) is 7.85. The number of carbonyl (C=O) groups is 3. The molecule has 0 aliphatic carbocycles. The van der Waals surface area contributed by atoms with Crippen molar-refractivity contribution >= 4 is 85.6 Å². The molecule has 2 aromatic rings. The lowest BCUT2D eigenvalue weighted by Crippen LogP contribution is -2.58. The van der Waals surface area contributed by atoms with Gasteiger partial charge in [0.05, 0.1) is 16.4 Å². The van der Waals surface area contributed by atoms with E-state index in [9.17, 15) is 14.4 Å². The molecule has 1 aliphatic rings. The van der Waals surface area contributed by atoms with Gasteiger partial charge in [-0.2, -0.15) is 0 Å². The summed E-state index contributed by atoms with van der Waals surface area (Å²) < 4.78 is 1.66. The Kier molecular flexibility index (Phi) is 5.73. The van der Waals surface area contributed by atoms with Crippen LogP contribution < -0.4 is 10.2 Å². The van der Waals surface area contributed by atoms with Crippen molar-refractivity contribution < 1.29 is 14.4 Å². The normalized spacial score (nSPS) is 17.7. The molecule has 0 spiro atoms. The Bertz CT molecular complexity index is 933. The number of anilines is 1. The van der Waals surface area contributed by atoms with Crippen molar-refractivity contribution in [3.63, 3.8) is 0 Å². The number of nitrogens with zero attached hydrogens (tertiary/aromatic N) is 2. The van der Waals surface area contributed by atoms with Gasteiger partial charge < -0.3 is 0 Å². The summed E-state index contributed by atoms with van der Waals surface area (Å²) in [7, 11) is 0. The zero-order chi connectivity index (χ0) is 18.8. The van der Waals surface area contributed by atoms with Gasteiger partial charge in [-0.25, -0.2) is 9.69 Å². The molecule has 3 rings (SSSR count). The van der Waals surface area contributed by atoms with E-state index in [1.807, 2.05) is 0 Å². The molecule has 0 aromatic heterocycles. The van der Waals surface area contributed by atoms with Crippen molar-refractivity contribution in [2.75, 3.05) is 4.90 Å². The van der Waals surface area contributed by atoms with Gasteiger partial charge in [-0.15, -0.1) is 0 Å². The van der Waals surface area contributed by atoms with E-state index in [1.54, 1.807) is 42.5 Å². The van der Waals surface area contributed by atoms with Gasteiger partial charge in [-0.1, -0.05) is 11.6 Å². The number of carbonyl (C=O) groups excluding carboxylic acids is 3. The molecular weight excluding hydrogens is 536 g/mol. The third-order valence-corrected chi connectivity index (χ3v) is 5.51. The van der Waals surface area contributed by atoms with E-state index >= 15 is 0 Å². The number of barbiturate groups is 1. The summed E-state index contributed by atoms with van der Waals surface area (Å²) >= 11 is 11.4. The average Bonchev–Trinajstić information content (AvgIpc) is 2.59. The molecule has 1 heterocycles. The van der Waals surface area contributed by atoms with E-state index in [4.69, 9.17) is 11.6 Å². The number of nitrogens with one attached hydrogen (secondary N) is 1. The number of rotatable bonds is 3. The zero-order valence-corrected chi connectivity index (χ0v) is 17.4. The summed E-state index contributed by atoms with van der Waals surface area (Å²) in [6.45, 7) is 0. The maximum absolute atomic E-state index is 12.7. The number of urea groups is 1. The topological polar surface area (TPSA) is 78.8 Å². The Balaban J connectivity index is 1.88. The van der Waals surface area contributed by atoms with Gasteiger partial charge in [0.25, 0.3) is 5.91 Å². The fourth-order valence-corrected chi connectivity index (χ4v) is 3.06. The fourth-order valence-electron chi connectivity index (χ4n) is 2.28. The predicted molar refractivity (Wildman–Crippen MR) is 111 cm³/mol. The molecular formula is C17H10BrClIN3O3. The first-order valence-corrected chi connectivity index (χ1v) is 9.55. The van der Waals surface area contributed by atoms with E-state index in [0.717, 1.165) is 8.47 Å². The number of benzene rings is 2. The maximum atomic E-state index is 12.7. The van der Waals surface area contributed by atoms with Crippen LogP contribution in [-0.2, 0) is 9.59 Å². The van der Waals surface area contributed by atoms with Crippen molar-refractivity contribution in [2.45, 2.75) is 0 Å². The number of halogens is 3. The molecule has 6 nitrogen and oxygen atoms in total. The van der Waals surface area contributed by atoms with Gasteiger partial charge in [0.2, 0.25) is 5.91 Å². The molecule has 2 aromatic carbocycles. The Morgan fingerprint density at radius 3 is 2.50 bits per heavy atom. The molecule has 1 N–H and O–H groups in total. The van der Waals surface area contributed by atoms with Gasteiger partial charge in [-0.05, 0) is 81.0 Å². The van der Waals surface area contributed by atoms with E-state index in [2.05, 4.69) is 48.8 Å². The molecule has 4 amide bonds. The molecule has 0 bridgehead atoms. The molecule has 9 heteroatoms. The molecule has 1 aliphatic heterocycles. The predicted octanol–water partition coefficient (Wildman–Crippen LogP) is 4.31. The van der Waals surface area contributed by atoms with E-state index < -0.39 is 23.8 Å². The zero-order valence-electron chi connectivity index (χ0n) is 12.9. The van der Waals surface area contributed by atoms with E-state index in [0.29, 0.717) is 20.9 Å². The standard InChI is InChI=1S/C17H10BrClIN3O3/c18-13-6-3-10(7-14(13)19)21-8-12-15(24)22-17(26)23(16(12)25)11-4-1-9(20)2-5-11/h1-8,12H,(H,22,24,26)/t12-/m0/s1. The minimum absolute atomic E-state index is 0.380. The fraction of sp³-hybridized carbons (Fsp3) is 0.0588. The van der Waals surface area contributed by atoms with Crippen LogP contribution in [0.5, 0.6) is 0 Å². The van der Waals surface area contributed by atoms with Crippen LogP contribution in [0.2, 0.25) is 5.02 Å². The van der Waals surface area contributed by atoms with E-state index in [-0.39, 0.29) is 0 Å². The molecule has 26 heavy (non-hydrogen) atoms. The largest absolute Gasteiger partial charge is 0.335 e. The Morgan fingerprint density at radius 1 is 1.15 bits per heavy atom. The van der Waals surface area contributed by atoms with Crippen molar-refractivity contribution in [3.05, 3.63) is 55.5 Å². The summed E-state index contributed by atoms with van der Waals surface area (Å²) in [5.41, 5.74) is 0.863. The Morgan fingerprint density at radius 2 is 1.85 bits per heavy atom. The van der Waals surface area contributed by atoms with Crippen molar-refractivity contribution in [2.24, 2.45) is 10.9 Å². The first-order chi connectivity index (χ1) is 12.4. The van der Waals surface area contributed by atoms with Crippen LogP contribution in [0.3, 0.4) is 0 Å². The van der Waals surface area contributed by atoms with Gasteiger partial charge in [-0.3, -0.25) is 19.9 Å². The van der Waals surface area contributed by atoms with Crippen LogP contribution in [0.15, 0.2) is 51.9 Å². The van der Waals surface area contributed by atoms with Crippen LogP contribution in [0, 0.1) is 9.49 Å². The van der Waals surface area contributed by atoms with Crippen molar-refractivity contribution in [1.82, 2.24) is 5.32 Å². The molecule has 0 unspecified atom stereocenters. The molecule has 1 fully saturated rings. The minimum atomic E-state index is -1.21. The first kappa shape index (κ1) is 19.0. The third-order valence-electron chi connectivity index (χ3n) is 3.56.